The Morgan fingerprint density at radius 3 is 1.94 bits per heavy atom. The van der Waals surface area contributed by atoms with Crippen LogP contribution < -0.4 is 0 Å². The predicted octanol–water partition coefficient (Wildman–Crippen LogP) is 11.1. The largest absolute Gasteiger partial charge is 0.456 e. The van der Waals surface area contributed by atoms with E-state index in [9.17, 15) is 0 Å². The first-order chi connectivity index (χ1) is 23.0. The Morgan fingerprint density at radius 2 is 1.15 bits per heavy atom. The fraction of sp³-hybridized carbons (Fsp3) is 0.0698. The highest BCUT2D eigenvalue weighted by molar-refractivity contribution is 6.13. The van der Waals surface area contributed by atoms with Crippen LogP contribution in [0, 0.1) is 0 Å². The lowest BCUT2D eigenvalue weighted by Gasteiger charge is -2.21. The zero-order chi connectivity index (χ0) is 31.3. The number of nitrogens with zero attached hydrogens (tertiary/aromatic N) is 3. The second kappa shape index (κ2) is 9.51. The van der Waals surface area contributed by atoms with Gasteiger partial charge in [-0.2, -0.15) is 0 Å². The number of benzene rings is 6. The molecule has 3 heterocycles. The molecule has 0 unspecified atom stereocenters. The molecule has 222 valence electrons. The van der Waals surface area contributed by atoms with Crippen molar-refractivity contribution in [3.8, 4) is 39.6 Å². The molecule has 0 aliphatic heterocycles. The zero-order valence-electron chi connectivity index (χ0n) is 26.0. The second-order valence-electron chi connectivity index (χ2n) is 13.1. The number of rotatable bonds is 3. The minimum atomic E-state index is -0.219. The van der Waals surface area contributed by atoms with Crippen molar-refractivity contribution in [1.82, 2.24) is 14.5 Å². The summed E-state index contributed by atoms with van der Waals surface area (Å²) in [6.07, 6.45) is 0. The van der Waals surface area contributed by atoms with Crippen molar-refractivity contribution < 1.29 is 4.42 Å². The van der Waals surface area contributed by atoms with E-state index >= 15 is 0 Å². The van der Waals surface area contributed by atoms with Crippen molar-refractivity contribution >= 4 is 43.7 Å². The summed E-state index contributed by atoms with van der Waals surface area (Å²) in [5, 5.41) is 4.73. The van der Waals surface area contributed by atoms with Gasteiger partial charge in [0.05, 0.1) is 16.7 Å². The van der Waals surface area contributed by atoms with Gasteiger partial charge in [-0.15, -0.1) is 0 Å². The van der Waals surface area contributed by atoms with E-state index in [-0.39, 0.29) is 5.41 Å². The molecule has 0 saturated carbocycles. The van der Waals surface area contributed by atoms with Gasteiger partial charge < -0.3 is 4.42 Å². The Labute approximate surface area is 271 Å². The third-order valence-corrected chi connectivity index (χ3v) is 10.0. The van der Waals surface area contributed by atoms with Crippen LogP contribution in [0.3, 0.4) is 0 Å². The Bertz CT molecular complexity index is 2640. The number of fused-ring (bicyclic) bond motifs is 9. The van der Waals surface area contributed by atoms with E-state index in [1.807, 2.05) is 30.3 Å². The summed E-state index contributed by atoms with van der Waals surface area (Å²) in [6.45, 7) is 4.66. The maximum atomic E-state index is 6.34. The summed E-state index contributed by atoms with van der Waals surface area (Å²) in [5.74, 6) is 1.55. The third kappa shape index (κ3) is 3.76. The lowest BCUT2D eigenvalue weighted by atomic mass is 9.82. The normalized spacial score (nSPS) is 13.5. The minimum absolute atomic E-state index is 0.219. The zero-order valence-corrected chi connectivity index (χ0v) is 26.0. The first-order valence-electron chi connectivity index (χ1n) is 16.1. The van der Waals surface area contributed by atoms with Crippen molar-refractivity contribution in [2.75, 3.05) is 0 Å². The van der Waals surface area contributed by atoms with Crippen LogP contribution in [0.1, 0.15) is 25.0 Å². The average molecular weight is 604 g/mol. The Hall–Kier alpha value is -6.00. The molecule has 0 saturated heterocycles. The summed E-state index contributed by atoms with van der Waals surface area (Å²) in [5.41, 5.74) is 12.0. The van der Waals surface area contributed by atoms with Gasteiger partial charge in [0, 0.05) is 44.2 Å². The van der Waals surface area contributed by atoms with Gasteiger partial charge in [0.15, 0.2) is 5.82 Å². The Morgan fingerprint density at radius 1 is 0.511 bits per heavy atom. The standard InChI is InChI=1S/C43H29N3O/c1-43(2)34-23-38-32(21-30(34)31-22-33-29-18-10-12-20-39(29)47-40(33)24-35(31)43)28-17-9-11-19-37(28)46(38)41-25-36(26-13-5-3-6-14-26)44-42(45-41)27-15-7-4-8-16-27/h3-25H,1-2H3. The molecular formula is C43H29N3O. The molecule has 9 aromatic rings. The molecule has 0 atom stereocenters. The first-order valence-corrected chi connectivity index (χ1v) is 16.1. The molecule has 1 aliphatic rings. The van der Waals surface area contributed by atoms with Crippen LogP contribution >= 0.6 is 0 Å². The van der Waals surface area contributed by atoms with Crippen molar-refractivity contribution in [3.63, 3.8) is 0 Å². The number of hydrogen-bond donors (Lipinski definition) is 0. The quantitative estimate of drug-likeness (QED) is 0.202. The van der Waals surface area contributed by atoms with E-state index < -0.39 is 0 Å². The molecule has 0 radical (unpaired) electrons. The van der Waals surface area contributed by atoms with Crippen LogP contribution in [0.2, 0.25) is 0 Å². The fourth-order valence-corrected chi connectivity index (χ4v) is 7.68. The number of hydrogen-bond acceptors (Lipinski definition) is 3. The van der Waals surface area contributed by atoms with Crippen LogP contribution in [0.15, 0.2) is 144 Å². The van der Waals surface area contributed by atoms with Gasteiger partial charge in [0.25, 0.3) is 0 Å². The van der Waals surface area contributed by atoms with Crippen LogP contribution in [0.4, 0.5) is 0 Å². The molecule has 1 aliphatic carbocycles. The summed E-state index contributed by atoms with van der Waals surface area (Å²) in [4.78, 5) is 10.3. The monoisotopic (exact) mass is 603 g/mol. The van der Waals surface area contributed by atoms with Gasteiger partial charge in [-0.1, -0.05) is 111 Å². The molecule has 0 fully saturated rings. The van der Waals surface area contributed by atoms with E-state index in [2.05, 4.69) is 128 Å². The number of aromatic nitrogens is 3. The molecular weight excluding hydrogens is 574 g/mol. The molecule has 0 N–H and O–H groups in total. The highest BCUT2D eigenvalue weighted by atomic mass is 16.3. The summed E-state index contributed by atoms with van der Waals surface area (Å²) < 4.78 is 8.67. The topological polar surface area (TPSA) is 43.9 Å². The van der Waals surface area contributed by atoms with Gasteiger partial charge in [0.1, 0.15) is 17.0 Å². The highest BCUT2D eigenvalue weighted by Gasteiger charge is 2.37. The first kappa shape index (κ1) is 26.2. The van der Waals surface area contributed by atoms with Gasteiger partial charge >= 0.3 is 0 Å². The van der Waals surface area contributed by atoms with Crippen molar-refractivity contribution in [1.29, 1.82) is 0 Å². The molecule has 4 nitrogen and oxygen atoms in total. The van der Waals surface area contributed by atoms with Crippen LogP contribution in [0.25, 0.3) is 83.3 Å². The van der Waals surface area contributed by atoms with E-state index in [0.29, 0.717) is 5.82 Å². The molecule has 0 bridgehead atoms. The van der Waals surface area contributed by atoms with Crippen molar-refractivity contribution in [2.45, 2.75) is 19.3 Å². The summed E-state index contributed by atoms with van der Waals surface area (Å²) >= 11 is 0. The highest BCUT2D eigenvalue weighted by Crippen LogP contribution is 2.52. The smallest absolute Gasteiger partial charge is 0.162 e. The van der Waals surface area contributed by atoms with Crippen LogP contribution in [-0.4, -0.2) is 14.5 Å². The van der Waals surface area contributed by atoms with Crippen LogP contribution in [-0.2, 0) is 5.41 Å². The fourth-order valence-electron chi connectivity index (χ4n) is 7.68. The Kier molecular flexibility index (Phi) is 5.31. The van der Waals surface area contributed by atoms with Crippen molar-refractivity contribution in [2.24, 2.45) is 0 Å². The molecule has 10 rings (SSSR count). The summed E-state index contributed by atoms with van der Waals surface area (Å²) in [6, 6.07) is 49.2. The molecule has 4 heteroatoms. The van der Waals surface area contributed by atoms with Gasteiger partial charge in [-0.3, -0.25) is 4.57 Å². The molecule has 3 aromatic heterocycles. The second-order valence-corrected chi connectivity index (χ2v) is 13.1. The lowest BCUT2D eigenvalue weighted by molar-refractivity contribution is 0.647. The van der Waals surface area contributed by atoms with E-state index in [0.717, 1.165) is 55.6 Å². The van der Waals surface area contributed by atoms with Crippen molar-refractivity contribution in [3.05, 3.63) is 151 Å². The number of furan rings is 1. The molecule has 47 heavy (non-hydrogen) atoms. The SMILES string of the molecule is CC1(C)c2cc3oc4ccccc4c3cc2-c2cc3c4ccccc4n(-c4cc(-c5ccccc5)nc(-c5ccccc5)n4)c3cc21. The minimum Gasteiger partial charge on any atom is -0.456 e. The molecule has 0 amide bonds. The maximum absolute atomic E-state index is 6.34. The Balaban J connectivity index is 1.27. The lowest BCUT2D eigenvalue weighted by Crippen LogP contribution is -2.15. The summed E-state index contributed by atoms with van der Waals surface area (Å²) in [7, 11) is 0. The maximum Gasteiger partial charge on any atom is 0.162 e. The molecule has 0 spiro atoms. The number of para-hydroxylation sites is 2. The predicted molar refractivity (Wildman–Crippen MR) is 192 cm³/mol. The van der Waals surface area contributed by atoms with E-state index in [1.54, 1.807) is 0 Å². The molecule has 6 aromatic carbocycles. The van der Waals surface area contributed by atoms with Gasteiger partial charge in [-0.05, 0) is 58.7 Å². The average Bonchev–Trinajstić information content (AvgIpc) is 3.72. The van der Waals surface area contributed by atoms with E-state index in [1.165, 1.54) is 33.0 Å². The van der Waals surface area contributed by atoms with Gasteiger partial charge in [-0.25, -0.2) is 9.97 Å². The van der Waals surface area contributed by atoms with Gasteiger partial charge in [0.2, 0.25) is 0 Å². The van der Waals surface area contributed by atoms with Crippen LogP contribution in [0.5, 0.6) is 0 Å². The third-order valence-electron chi connectivity index (χ3n) is 10.0. The van der Waals surface area contributed by atoms with E-state index in [4.69, 9.17) is 14.4 Å².